The maximum atomic E-state index is 12.8. The van der Waals surface area contributed by atoms with E-state index in [1.807, 2.05) is 48.5 Å². The molecule has 0 atom stereocenters. The van der Waals surface area contributed by atoms with Crippen molar-refractivity contribution in [3.05, 3.63) is 96.1 Å². The van der Waals surface area contributed by atoms with Gasteiger partial charge in [0.1, 0.15) is 5.75 Å². The van der Waals surface area contributed by atoms with E-state index in [1.54, 1.807) is 36.4 Å². The van der Waals surface area contributed by atoms with Crippen LogP contribution in [0.1, 0.15) is 15.9 Å². The van der Waals surface area contributed by atoms with Gasteiger partial charge in [-0.15, -0.1) is 0 Å². The molecule has 4 aromatic rings. The summed E-state index contributed by atoms with van der Waals surface area (Å²) in [4.78, 5) is 25.2. The van der Waals surface area contributed by atoms with Crippen molar-refractivity contribution in [2.24, 2.45) is 5.10 Å². The lowest BCUT2D eigenvalue weighted by Gasteiger charge is -2.13. The van der Waals surface area contributed by atoms with Crippen LogP contribution in [-0.4, -0.2) is 38.9 Å². The Morgan fingerprint density at radius 3 is 2.25 bits per heavy atom. The predicted molar refractivity (Wildman–Crippen MR) is 139 cm³/mol. The zero-order valence-electron chi connectivity index (χ0n) is 19.9. The molecule has 0 aliphatic heterocycles. The van der Waals surface area contributed by atoms with Crippen LogP contribution < -0.4 is 25.0 Å². The van der Waals surface area contributed by atoms with Gasteiger partial charge in [0.05, 0.1) is 26.0 Å². The molecule has 0 unspecified atom stereocenters. The van der Waals surface area contributed by atoms with Gasteiger partial charge in [0.15, 0.2) is 18.1 Å². The van der Waals surface area contributed by atoms with Gasteiger partial charge < -0.3 is 19.5 Å². The van der Waals surface area contributed by atoms with Gasteiger partial charge in [0, 0.05) is 11.3 Å². The molecule has 2 amide bonds. The smallest absolute Gasteiger partial charge is 0.275 e. The van der Waals surface area contributed by atoms with Gasteiger partial charge >= 0.3 is 0 Å². The van der Waals surface area contributed by atoms with Crippen LogP contribution in [0, 0.1) is 0 Å². The maximum absolute atomic E-state index is 12.8. The fourth-order valence-electron chi connectivity index (χ4n) is 3.59. The van der Waals surface area contributed by atoms with Crippen LogP contribution in [0.5, 0.6) is 17.2 Å². The van der Waals surface area contributed by atoms with E-state index in [9.17, 15) is 9.59 Å². The fraction of sp³-hybridized carbons (Fsp3) is 0.107. The molecule has 0 saturated carbocycles. The Balaban J connectivity index is 1.47. The number of methoxy groups -OCH3 is 2. The number of nitrogens with zero attached hydrogens (tertiary/aromatic N) is 1. The number of anilines is 1. The lowest BCUT2D eigenvalue weighted by atomic mass is 10.1. The molecule has 2 N–H and O–H groups in total. The number of carbonyl (C=O) groups excluding carboxylic acids is 2. The van der Waals surface area contributed by atoms with Crippen LogP contribution in [-0.2, 0) is 4.79 Å². The average Bonchev–Trinajstić information content (AvgIpc) is 2.91. The van der Waals surface area contributed by atoms with E-state index in [4.69, 9.17) is 14.2 Å². The summed E-state index contributed by atoms with van der Waals surface area (Å²) in [5.74, 6) is 0.433. The Morgan fingerprint density at radius 1 is 0.833 bits per heavy atom. The molecular weight excluding hydrogens is 458 g/mol. The largest absolute Gasteiger partial charge is 0.496 e. The van der Waals surface area contributed by atoms with Crippen molar-refractivity contribution < 1.29 is 23.8 Å². The molecule has 0 saturated heterocycles. The van der Waals surface area contributed by atoms with Crippen molar-refractivity contribution in [1.29, 1.82) is 0 Å². The SMILES string of the molecule is COc1cc2ccccc2cc1C(=O)N/N=C\c1cccc(OC)c1OCC(=O)Nc1ccccc1. The minimum Gasteiger partial charge on any atom is -0.496 e. The third-order valence-electron chi connectivity index (χ3n) is 5.32. The molecule has 0 bridgehead atoms. The predicted octanol–water partition coefficient (Wildman–Crippen LogP) is 4.64. The van der Waals surface area contributed by atoms with Crippen LogP contribution in [0.3, 0.4) is 0 Å². The van der Waals surface area contributed by atoms with Gasteiger partial charge in [0.25, 0.3) is 11.8 Å². The monoisotopic (exact) mass is 483 g/mol. The first-order valence-corrected chi connectivity index (χ1v) is 11.1. The molecule has 8 nitrogen and oxygen atoms in total. The van der Waals surface area contributed by atoms with Gasteiger partial charge in [0.2, 0.25) is 0 Å². The van der Waals surface area contributed by atoms with Gasteiger partial charge in [-0.3, -0.25) is 9.59 Å². The number of hydrazone groups is 1. The highest BCUT2D eigenvalue weighted by atomic mass is 16.5. The average molecular weight is 484 g/mol. The van der Waals surface area contributed by atoms with Crippen LogP contribution in [0.4, 0.5) is 5.69 Å². The van der Waals surface area contributed by atoms with Crippen LogP contribution in [0.2, 0.25) is 0 Å². The second-order valence-corrected chi connectivity index (χ2v) is 7.68. The summed E-state index contributed by atoms with van der Waals surface area (Å²) in [5, 5.41) is 8.72. The second-order valence-electron chi connectivity index (χ2n) is 7.68. The number of nitrogens with one attached hydrogen (secondary N) is 2. The summed E-state index contributed by atoms with van der Waals surface area (Å²) in [6, 6.07) is 25.5. The molecule has 182 valence electrons. The first-order valence-electron chi connectivity index (χ1n) is 11.1. The van der Waals surface area contributed by atoms with Crippen molar-refractivity contribution >= 4 is 34.5 Å². The number of fused-ring (bicyclic) bond motifs is 1. The van der Waals surface area contributed by atoms with Gasteiger partial charge in [-0.25, -0.2) is 5.43 Å². The quantitative estimate of drug-likeness (QED) is 0.267. The van der Waals surface area contributed by atoms with E-state index in [0.717, 1.165) is 10.8 Å². The number of hydrogen-bond donors (Lipinski definition) is 2. The highest BCUT2D eigenvalue weighted by Crippen LogP contribution is 2.30. The highest BCUT2D eigenvalue weighted by molar-refractivity contribution is 6.02. The topological polar surface area (TPSA) is 98.2 Å². The molecule has 0 fully saturated rings. The van der Waals surface area contributed by atoms with Crippen molar-refractivity contribution in [1.82, 2.24) is 5.43 Å². The summed E-state index contributed by atoms with van der Waals surface area (Å²) in [6.07, 6.45) is 1.43. The lowest BCUT2D eigenvalue weighted by molar-refractivity contribution is -0.118. The minimum absolute atomic E-state index is 0.239. The summed E-state index contributed by atoms with van der Waals surface area (Å²) >= 11 is 0. The normalized spacial score (nSPS) is 10.7. The number of ether oxygens (including phenoxy) is 3. The zero-order chi connectivity index (χ0) is 25.3. The number of amides is 2. The van der Waals surface area contributed by atoms with Crippen LogP contribution >= 0.6 is 0 Å². The van der Waals surface area contributed by atoms with Crippen molar-refractivity contribution in [2.45, 2.75) is 0 Å². The number of rotatable bonds is 9. The Kier molecular flexibility index (Phi) is 7.77. The van der Waals surface area contributed by atoms with E-state index in [-0.39, 0.29) is 12.5 Å². The number of carbonyl (C=O) groups is 2. The molecule has 8 heteroatoms. The summed E-state index contributed by atoms with van der Waals surface area (Å²) in [7, 11) is 3.01. The third kappa shape index (κ3) is 5.79. The van der Waals surface area contributed by atoms with Gasteiger partial charge in [-0.2, -0.15) is 5.10 Å². The Labute approximate surface area is 208 Å². The minimum atomic E-state index is -0.429. The third-order valence-corrected chi connectivity index (χ3v) is 5.32. The molecule has 0 aromatic heterocycles. The summed E-state index contributed by atoms with van der Waals surface area (Å²) in [6.45, 7) is -0.239. The zero-order valence-corrected chi connectivity index (χ0v) is 19.9. The van der Waals surface area contributed by atoms with E-state index >= 15 is 0 Å². The second kappa shape index (κ2) is 11.5. The standard InChI is InChI=1S/C28H25N3O5/c1-34-24-14-8-11-21(27(24)36-18-26(32)30-22-12-4-3-5-13-22)17-29-31-28(33)23-15-19-9-6-7-10-20(19)16-25(23)35-2/h3-17H,18H2,1-2H3,(H,30,32)(H,31,33)/b29-17-. The molecule has 0 radical (unpaired) electrons. The number of benzene rings is 4. The maximum Gasteiger partial charge on any atom is 0.275 e. The van der Waals surface area contributed by atoms with E-state index in [2.05, 4.69) is 15.8 Å². The number of para-hydroxylation sites is 2. The molecule has 0 heterocycles. The Bertz CT molecular complexity index is 1400. The Morgan fingerprint density at radius 2 is 1.53 bits per heavy atom. The molecule has 0 aliphatic rings. The summed E-state index contributed by atoms with van der Waals surface area (Å²) in [5.41, 5.74) is 4.07. The van der Waals surface area contributed by atoms with E-state index in [0.29, 0.717) is 34.1 Å². The van der Waals surface area contributed by atoms with Crippen LogP contribution in [0.15, 0.2) is 90.0 Å². The van der Waals surface area contributed by atoms with Gasteiger partial charge in [-0.05, 0) is 47.2 Å². The molecular formula is C28H25N3O5. The fourth-order valence-corrected chi connectivity index (χ4v) is 3.59. The van der Waals surface area contributed by atoms with E-state index in [1.165, 1.54) is 20.4 Å². The van der Waals surface area contributed by atoms with Crippen LogP contribution in [0.25, 0.3) is 10.8 Å². The molecule has 36 heavy (non-hydrogen) atoms. The van der Waals surface area contributed by atoms with Gasteiger partial charge in [-0.1, -0.05) is 48.5 Å². The first kappa shape index (κ1) is 24.3. The number of hydrogen-bond acceptors (Lipinski definition) is 6. The first-order chi connectivity index (χ1) is 17.6. The van der Waals surface area contributed by atoms with Crippen molar-refractivity contribution in [3.8, 4) is 17.2 Å². The molecule has 0 spiro atoms. The highest BCUT2D eigenvalue weighted by Gasteiger charge is 2.15. The van der Waals surface area contributed by atoms with E-state index < -0.39 is 5.91 Å². The Hall–Kier alpha value is -4.85. The lowest BCUT2D eigenvalue weighted by Crippen LogP contribution is -2.21. The summed E-state index contributed by atoms with van der Waals surface area (Å²) < 4.78 is 16.5. The van der Waals surface area contributed by atoms with Crippen molar-refractivity contribution in [3.63, 3.8) is 0 Å². The van der Waals surface area contributed by atoms with Crippen molar-refractivity contribution in [2.75, 3.05) is 26.1 Å². The molecule has 4 rings (SSSR count). The molecule has 0 aliphatic carbocycles. The molecule has 4 aromatic carbocycles.